The lowest BCUT2D eigenvalue weighted by molar-refractivity contribution is -0.115. The second-order valence-corrected chi connectivity index (χ2v) is 9.31. The van der Waals surface area contributed by atoms with Crippen molar-refractivity contribution in [2.75, 3.05) is 5.32 Å². The van der Waals surface area contributed by atoms with E-state index in [1.807, 2.05) is 55.5 Å². The Morgan fingerprint density at radius 1 is 1.03 bits per heavy atom. The average molecular weight is 429 g/mol. The van der Waals surface area contributed by atoms with Crippen molar-refractivity contribution >= 4 is 34.1 Å². The van der Waals surface area contributed by atoms with Crippen molar-refractivity contribution in [3.05, 3.63) is 84.2 Å². The Morgan fingerprint density at radius 2 is 1.77 bits per heavy atom. The van der Waals surface area contributed by atoms with Gasteiger partial charge < -0.3 is 9.88 Å². The van der Waals surface area contributed by atoms with E-state index in [4.69, 9.17) is 0 Å². The normalized spacial score (nSPS) is 14.5. The van der Waals surface area contributed by atoms with Crippen molar-refractivity contribution in [2.45, 2.75) is 42.6 Å². The molecule has 1 N–H and O–H groups in total. The third-order valence-corrected chi connectivity index (χ3v) is 6.62. The van der Waals surface area contributed by atoms with Gasteiger partial charge in [-0.05, 0) is 48.2 Å². The number of carbonyl (C=O) groups excluding carboxylic acids is 1. The summed E-state index contributed by atoms with van der Waals surface area (Å²) in [4.78, 5) is 12.9. The highest BCUT2D eigenvalue weighted by molar-refractivity contribution is 8.00. The van der Waals surface area contributed by atoms with Gasteiger partial charge in [0, 0.05) is 11.6 Å². The largest absolute Gasteiger partial charge is 0.325 e. The molecule has 0 aliphatic heterocycles. The minimum Gasteiger partial charge on any atom is -0.325 e. The quantitative estimate of drug-likeness (QED) is 0.396. The summed E-state index contributed by atoms with van der Waals surface area (Å²) in [6, 6.07) is 24.4. The van der Waals surface area contributed by atoms with Crippen LogP contribution in [0.25, 0.3) is 10.8 Å². The minimum absolute atomic E-state index is 0.0393. The molecule has 156 valence electrons. The van der Waals surface area contributed by atoms with E-state index in [0.29, 0.717) is 5.92 Å². The molecular formula is C25H24N4OS. The zero-order chi connectivity index (χ0) is 21.2. The number of aromatic nitrogens is 3. The first-order valence-corrected chi connectivity index (χ1v) is 11.5. The van der Waals surface area contributed by atoms with Crippen molar-refractivity contribution < 1.29 is 4.79 Å². The van der Waals surface area contributed by atoms with E-state index in [9.17, 15) is 4.79 Å². The molecule has 6 heteroatoms. The molecule has 3 aromatic carbocycles. The van der Waals surface area contributed by atoms with E-state index in [-0.39, 0.29) is 11.2 Å². The number of rotatable bonds is 7. The number of benzene rings is 3. The fourth-order valence-electron chi connectivity index (χ4n) is 3.67. The number of thioether (sulfide) groups is 1. The fraction of sp³-hybridized carbons (Fsp3) is 0.240. The molecule has 4 aromatic rings. The number of hydrogen-bond donors (Lipinski definition) is 1. The molecule has 1 amide bonds. The van der Waals surface area contributed by atoms with Gasteiger partial charge in [0.2, 0.25) is 5.91 Å². The molecular weight excluding hydrogens is 404 g/mol. The number of carbonyl (C=O) groups is 1. The second-order valence-electron chi connectivity index (χ2n) is 8.00. The van der Waals surface area contributed by atoms with Crippen LogP contribution in [-0.4, -0.2) is 25.9 Å². The molecule has 1 aliphatic rings. The topological polar surface area (TPSA) is 59.8 Å². The van der Waals surface area contributed by atoms with Crippen LogP contribution in [0.1, 0.15) is 37.1 Å². The maximum absolute atomic E-state index is 12.9. The van der Waals surface area contributed by atoms with Gasteiger partial charge in [-0.3, -0.25) is 4.79 Å². The standard InChI is InChI=1S/C25H24N4OS/c1-17(24(30)26-22-14-13-19-9-5-6-10-21(19)15-22)31-25-28-27-23(20-11-12-20)29(25)16-18-7-3-2-4-8-18/h2-10,13-15,17,20H,11-12,16H2,1H3,(H,26,30). The van der Waals surface area contributed by atoms with Gasteiger partial charge in [-0.15, -0.1) is 10.2 Å². The van der Waals surface area contributed by atoms with Crippen LogP contribution in [0.5, 0.6) is 0 Å². The Hall–Kier alpha value is -3.12. The Morgan fingerprint density at radius 3 is 2.55 bits per heavy atom. The van der Waals surface area contributed by atoms with Crippen molar-refractivity contribution in [1.82, 2.24) is 14.8 Å². The molecule has 0 saturated heterocycles. The maximum Gasteiger partial charge on any atom is 0.237 e. The zero-order valence-electron chi connectivity index (χ0n) is 17.4. The summed E-state index contributed by atoms with van der Waals surface area (Å²) in [5, 5.41) is 14.7. The lowest BCUT2D eigenvalue weighted by atomic mass is 10.1. The van der Waals surface area contributed by atoms with Crippen molar-refractivity contribution in [3.63, 3.8) is 0 Å². The predicted octanol–water partition coefficient (Wildman–Crippen LogP) is 5.48. The summed E-state index contributed by atoms with van der Waals surface area (Å²) < 4.78 is 2.18. The second kappa shape index (κ2) is 8.55. The van der Waals surface area contributed by atoms with Gasteiger partial charge in [-0.2, -0.15) is 0 Å². The van der Waals surface area contributed by atoms with E-state index in [0.717, 1.165) is 46.8 Å². The number of hydrogen-bond acceptors (Lipinski definition) is 4. The van der Waals surface area contributed by atoms with Crippen LogP contribution in [0.3, 0.4) is 0 Å². The molecule has 31 heavy (non-hydrogen) atoms. The molecule has 1 fully saturated rings. The van der Waals surface area contributed by atoms with Crippen LogP contribution in [0, 0.1) is 0 Å². The van der Waals surface area contributed by atoms with Crippen LogP contribution < -0.4 is 5.32 Å². The van der Waals surface area contributed by atoms with Gasteiger partial charge >= 0.3 is 0 Å². The smallest absolute Gasteiger partial charge is 0.237 e. The van der Waals surface area contributed by atoms with Gasteiger partial charge in [0.05, 0.1) is 11.8 Å². The maximum atomic E-state index is 12.9. The van der Waals surface area contributed by atoms with E-state index in [2.05, 4.69) is 44.3 Å². The number of nitrogens with one attached hydrogen (secondary N) is 1. The minimum atomic E-state index is -0.294. The van der Waals surface area contributed by atoms with E-state index in [1.165, 1.54) is 17.3 Å². The van der Waals surface area contributed by atoms with Gasteiger partial charge in [0.25, 0.3) is 0 Å². The van der Waals surface area contributed by atoms with Crippen LogP contribution in [0.2, 0.25) is 0 Å². The Bertz CT molecular complexity index is 1220. The molecule has 5 nitrogen and oxygen atoms in total. The first-order chi connectivity index (χ1) is 15.2. The highest BCUT2D eigenvalue weighted by Gasteiger charge is 2.31. The summed E-state index contributed by atoms with van der Waals surface area (Å²) in [7, 11) is 0. The van der Waals surface area contributed by atoms with E-state index in [1.54, 1.807) is 0 Å². The molecule has 1 unspecified atom stereocenters. The molecule has 0 radical (unpaired) electrons. The van der Waals surface area contributed by atoms with Crippen molar-refractivity contribution in [1.29, 1.82) is 0 Å². The molecule has 1 atom stereocenters. The lowest BCUT2D eigenvalue weighted by Gasteiger charge is -2.14. The number of amides is 1. The monoisotopic (exact) mass is 428 g/mol. The Kier molecular flexibility index (Phi) is 5.47. The van der Waals surface area contributed by atoms with E-state index < -0.39 is 0 Å². The van der Waals surface area contributed by atoms with Crippen LogP contribution in [-0.2, 0) is 11.3 Å². The Balaban J connectivity index is 1.32. The summed E-state index contributed by atoms with van der Waals surface area (Å²) in [6.45, 7) is 2.64. The van der Waals surface area contributed by atoms with E-state index >= 15 is 0 Å². The molecule has 1 aliphatic carbocycles. The molecule has 5 rings (SSSR count). The molecule has 1 saturated carbocycles. The lowest BCUT2D eigenvalue weighted by Crippen LogP contribution is -2.23. The van der Waals surface area contributed by atoms with Gasteiger partial charge in [0.15, 0.2) is 5.16 Å². The number of anilines is 1. The number of fused-ring (bicyclic) bond motifs is 1. The Labute approximate surface area is 185 Å². The summed E-state index contributed by atoms with van der Waals surface area (Å²) in [6.07, 6.45) is 2.32. The molecule has 0 spiro atoms. The summed E-state index contributed by atoms with van der Waals surface area (Å²) >= 11 is 1.46. The number of nitrogens with zero attached hydrogens (tertiary/aromatic N) is 3. The van der Waals surface area contributed by atoms with Crippen molar-refractivity contribution in [3.8, 4) is 0 Å². The van der Waals surface area contributed by atoms with Gasteiger partial charge in [-0.1, -0.05) is 72.4 Å². The summed E-state index contributed by atoms with van der Waals surface area (Å²) in [5.41, 5.74) is 2.01. The highest BCUT2D eigenvalue weighted by atomic mass is 32.2. The highest BCUT2D eigenvalue weighted by Crippen LogP contribution is 2.40. The third kappa shape index (κ3) is 4.49. The molecule has 1 heterocycles. The summed E-state index contributed by atoms with van der Waals surface area (Å²) in [5.74, 6) is 1.49. The first-order valence-electron chi connectivity index (χ1n) is 10.6. The van der Waals surface area contributed by atoms with Crippen LogP contribution in [0.15, 0.2) is 78.0 Å². The van der Waals surface area contributed by atoms with Crippen molar-refractivity contribution in [2.24, 2.45) is 0 Å². The molecule has 1 aromatic heterocycles. The zero-order valence-corrected chi connectivity index (χ0v) is 18.2. The van der Waals surface area contributed by atoms with Crippen LogP contribution in [0.4, 0.5) is 5.69 Å². The fourth-order valence-corrected chi connectivity index (χ4v) is 4.52. The van der Waals surface area contributed by atoms with Gasteiger partial charge in [-0.25, -0.2) is 0 Å². The molecule has 0 bridgehead atoms. The van der Waals surface area contributed by atoms with Gasteiger partial charge in [0.1, 0.15) is 5.82 Å². The SMILES string of the molecule is CC(Sc1nnc(C2CC2)n1Cc1ccccc1)C(=O)Nc1ccc2ccccc2c1. The van der Waals surface area contributed by atoms with Crippen LogP contribution >= 0.6 is 11.8 Å². The third-order valence-electron chi connectivity index (χ3n) is 5.54. The first kappa shape index (κ1) is 19.8. The predicted molar refractivity (Wildman–Crippen MR) is 125 cm³/mol. The average Bonchev–Trinajstić information content (AvgIpc) is 3.57.